The van der Waals surface area contributed by atoms with Crippen molar-refractivity contribution in [2.24, 2.45) is 4.99 Å². The lowest BCUT2D eigenvalue weighted by molar-refractivity contribution is -0.137. The number of hydrogen-bond donors (Lipinski definition) is 2. The molecule has 0 aromatic carbocycles. The monoisotopic (exact) mass is 348 g/mol. The summed E-state index contributed by atoms with van der Waals surface area (Å²) in [7, 11) is 0. The molecule has 0 radical (unpaired) electrons. The van der Waals surface area contributed by atoms with Gasteiger partial charge in [0.1, 0.15) is 0 Å². The number of hydrogen-bond acceptors (Lipinski definition) is 3. The van der Waals surface area contributed by atoms with Gasteiger partial charge in [-0.2, -0.15) is 0 Å². The molecule has 2 N–H and O–H groups in total. The van der Waals surface area contributed by atoms with Gasteiger partial charge in [0.25, 0.3) is 0 Å². The van der Waals surface area contributed by atoms with Crippen molar-refractivity contribution >= 4 is 12.3 Å². The Balaban J connectivity index is 0.000000972. The van der Waals surface area contributed by atoms with Crippen LogP contribution in [0.3, 0.4) is 0 Å². The molecule has 25 heavy (non-hydrogen) atoms. The molecule has 1 heterocycles. The van der Waals surface area contributed by atoms with E-state index in [0.717, 1.165) is 38.8 Å². The number of aliphatic carboxylic acids is 1. The van der Waals surface area contributed by atoms with Crippen LogP contribution in [-0.4, -0.2) is 30.5 Å². The van der Waals surface area contributed by atoms with E-state index in [-0.39, 0.29) is 0 Å². The summed E-state index contributed by atoms with van der Waals surface area (Å²) >= 11 is 0. The van der Waals surface area contributed by atoms with Crippen LogP contribution in [0.5, 0.6) is 0 Å². The molecule has 0 saturated heterocycles. The third kappa shape index (κ3) is 22.2. The molecule has 142 valence electrons. The summed E-state index contributed by atoms with van der Waals surface area (Å²) in [6, 6.07) is 0. The summed E-state index contributed by atoms with van der Waals surface area (Å²) in [5.74, 6) is -0.677. The molecule has 0 fully saturated rings. The Labute approximate surface area is 153 Å². The molecule has 1 rings (SSSR count). The summed E-state index contributed by atoms with van der Waals surface area (Å²) in [6.45, 7) is 4.19. The van der Waals surface area contributed by atoms with E-state index in [1.54, 1.807) is 6.34 Å². The van der Waals surface area contributed by atoms with Crippen LogP contribution in [0, 0.1) is 0 Å². The summed E-state index contributed by atoms with van der Waals surface area (Å²) in [5.41, 5.74) is 0. The van der Waals surface area contributed by atoms with Gasteiger partial charge in [-0.3, -0.25) is 9.79 Å². The topological polar surface area (TPSA) is 61.7 Å². The molecule has 1 aliphatic rings. The number of unbranched alkanes of at least 4 members (excludes halogenated alkanes) is 7. The lowest BCUT2D eigenvalue weighted by atomic mass is 10.1. The summed E-state index contributed by atoms with van der Waals surface area (Å²) in [5, 5.41) is 11.4. The first-order chi connectivity index (χ1) is 12.3. The highest BCUT2D eigenvalue weighted by molar-refractivity contribution is 5.66. The smallest absolute Gasteiger partial charge is 0.303 e. The van der Waals surface area contributed by atoms with Crippen molar-refractivity contribution < 1.29 is 9.90 Å². The predicted octanol–water partition coefficient (Wildman–Crippen LogP) is 5.28. The molecule has 0 amide bonds. The van der Waals surface area contributed by atoms with Crippen LogP contribution in [-0.2, 0) is 4.79 Å². The Morgan fingerprint density at radius 2 is 1.64 bits per heavy atom. The van der Waals surface area contributed by atoms with Gasteiger partial charge in [0.2, 0.25) is 0 Å². The minimum Gasteiger partial charge on any atom is -0.481 e. The SMILES string of the molecule is C1=NCCN1.CCCCC=CC=CC=CCCCCCCCC(=O)O. The fraction of sp³-hybridized carbons (Fsp3) is 0.619. The Kier molecular flexibility index (Phi) is 18.7. The summed E-state index contributed by atoms with van der Waals surface area (Å²) < 4.78 is 0. The highest BCUT2D eigenvalue weighted by atomic mass is 16.4. The average molecular weight is 349 g/mol. The number of carboxylic acids is 1. The van der Waals surface area contributed by atoms with Crippen LogP contribution in [0.1, 0.15) is 71.1 Å². The number of allylic oxidation sites excluding steroid dienone is 6. The zero-order valence-corrected chi connectivity index (χ0v) is 15.8. The first-order valence-corrected chi connectivity index (χ1v) is 9.69. The highest BCUT2D eigenvalue weighted by Crippen LogP contribution is 2.07. The normalized spacial score (nSPS) is 13.5. The molecular weight excluding hydrogens is 312 g/mol. The van der Waals surface area contributed by atoms with E-state index in [0.29, 0.717) is 6.42 Å². The number of rotatable bonds is 13. The van der Waals surface area contributed by atoms with Gasteiger partial charge in [0.05, 0.1) is 12.9 Å². The standard InChI is InChI=1S/C18H30O2.C3H6N2/c1-2-3-4-5-6-7-8-9-10-11-12-13-14-15-16-17-18(19)20;1-2-5-3-4-1/h5-10H,2-4,11-17H2,1H3,(H,19,20);3H,1-2H2,(H,4,5). The zero-order valence-electron chi connectivity index (χ0n) is 15.8. The number of carboxylic acid groups (broad SMARTS) is 1. The third-order valence-electron chi connectivity index (χ3n) is 3.66. The second kappa shape index (κ2) is 20.2. The Morgan fingerprint density at radius 3 is 2.16 bits per heavy atom. The fourth-order valence-electron chi connectivity index (χ4n) is 2.19. The number of nitrogens with zero attached hydrogens (tertiary/aromatic N) is 1. The van der Waals surface area contributed by atoms with Gasteiger partial charge in [-0.25, -0.2) is 0 Å². The molecule has 0 unspecified atom stereocenters. The van der Waals surface area contributed by atoms with Gasteiger partial charge < -0.3 is 10.4 Å². The molecular formula is C21H36N2O2. The van der Waals surface area contributed by atoms with E-state index in [2.05, 4.69) is 53.7 Å². The van der Waals surface area contributed by atoms with Gasteiger partial charge in [0.15, 0.2) is 0 Å². The Bertz CT molecular complexity index is 406. The van der Waals surface area contributed by atoms with Crippen LogP contribution in [0.15, 0.2) is 41.4 Å². The Morgan fingerprint density at radius 1 is 1.00 bits per heavy atom. The van der Waals surface area contributed by atoms with Crippen molar-refractivity contribution in [3.63, 3.8) is 0 Å². The molecule has 0 aromatic heterocycles. The second-order valence-electron chi connectivity index (χ2n) is 6.07. The van der Waals surface area contributed by atoms with E-state index in [1.807, 2.05) is 0 Å². The maximum atomic E-state index is 10.3. The second-order valence-corrected chi connectivity index (χ2v) is 6.07. The van der Waals surface area contributed by atoms with Crippen LogP contribution in [0.25, 0.3) is 0 Å². The molecule has 1 aliphatic heterocycles. The Hall–Kier alpha value is -1.84. The summed E-state index contributed by atoms with van der Waals surface area (Å²) in [4.78, 5) is 14.2. The van der Waals surface area contributed by atoms with Crippen molar-refractivity contribution in [1.82, 2.24) is 5.32 Å². The van der Waals surface area contributed by atoms with Gasteiger partial charge in [-0.1, -0.05) is 75.5 Å². The van der Waals surface area contributed by atoms with Gasteiger partial charge >= 0.3 is 5.97 Å². The van der Waals surface area contributed by atoms with Crippen molar-refractivity contribution in [1.29, 1.82) is 0 Å². The highest BCUT2D eigenvalue weighted by Gasteiger charge is 1.95. The molecule has 0 saturated carbocycles. The van der Waals surface area contributed by atoms with Crippen LogP contribution in [0.2, 0.25) is 0 Å². The number of nitrogens with one attached hydrogen (secondary N) is 1. The van der Waals surface area contributed by atoms with Crippen LogP contribution < -0.4 is 5.32 Å². The lowest BCUT2D eigenvalue weighted by Gasteiger charge is -1.97. The van der Waals surface area contributed by atoms with E-state index < -0.39 is 5.97 Å². The quantitative estimate of drug-likeness (QED) is 0.352. The van der Waals surface area contributed by atoms with E-state index in [9.17, 15) is 4.79 Å². The van der Waals surface area contributed by atoms with Gasteiger partial charge in [0, 0.05) is 13.0 Å². The van der Waals surface area contributed by atoms with Crippen molar-refractivity contribution in [2.45, 2.75) is 71.1 Å². The molecule has 0 aliphatic carbocycles. The number of carbonyl (C=O) groups is 1. The third-order valence-corrected chi connectivity index (χ3v) is 3.66. The van der Waals surface area contributed by atoms with Gasteiger partial charge in [-0.05, 0) is 25.7 Å². The van der Waals surface area contributed by atoms with Crippen LogP contribution in [0.4, 0.5) is 0 Å². The fourth-order valence-corrected chi connectivity index (χ4v) is 2.19. The van der Waals surface area contributed by atoms with E-state index in [4.69, 9.17) is 5.11 Å². The maximum absolute atomic E-state index is 10.3. The van der Waals surface area contributed by atoms with Crippen molar-refractivity contribution in [3.05, 3.63) is 36.5 Å². The lowest BCUT2D eigenvalue weighted by Crippen LogP contribution is -2.04. The molecule has 0 bridgehead atoms. The minimum atomic E-state index is -0.677. The molecule has 0 spiro atoms. The van der Waals surface area contributed by atoms with Crippen molar-refractivity contribution in [2.75, 3.05) is 13.1 Å². The largest absolute Gasteiger partial charge is 0.481 e. The summed E-state index contributed by atoms with van der Waals surface area (Å²) in [6.07, 6.45) is 25.1. The van der Waals surface area contributed by atoms with Crippen LogP contribution >= 0.6 is 0 Å². The molecule has 0 aromatic rings. The number of aliphatic imine (C=N–C) groups is 1. The molecule has 0 atom stereocenters. The first kappa shape index (κ1) is 23.2. The average Bonchev–Trinajstić information content (AvgIpc) is 3.18. The van der Waals surface area contributed by atoms with E-state index >= 15 is 0 Å². The maximum Gasteiger partial charge on any atom is 0.303 e. The minimum absolute atomic E-state index is 0.316. The zero-order chi connectivity index (χ0) is 18.4. The molecule has 4 nitrogen and oxygen atoms in total. The van der Waals surface area contributed by atoms with Crippen molar-refractivity contribution in [3.8, 4) is 0 Å². The molecule has 4 heteroatoms. The van der Waals surface area contributed by atoms with E-state index in [1.165, 1.54) is 32.1 Å². The van der Waals surface area contributed by atoms with Gasteiger partial charge in [-0.15, -0.1) is 0 Å². The predicted molar refractivity (Wildman–Crippen MR) is 108 cm³/mol. The first-order valence-electron chi connectivity index (χ1n) is 9.69.